The second-order valence-electron chi connectivity index (χ2n) is 14.1. The molecule has 0 aliphatic rings. The zero-order chi connectivity index (χ0) is 37.0. The first-order chi connectivity index (χ1) is 27.8. The van der Waals surface area contributed by atoms with Gasteiger partial charge in [-0.15, -0.1) is 0 Å². The predicted molar refractivity (Wildman–Crippen MR) is 230 cm³/mol. The Balaban J connectivity index is 1.12. The first kappa shape index (κ1) is 31.9. The lowest BCUT2D eigenvalue weighted by atomic mass is 10.0. The van der Waals surface area contributed by atoms with Crippen LogP contribution in [0.3, 0.4) is 0 Å². The number of rotatable bonds is 6. The molecule has 0 amide bonds. The van der Waals surface area contributed by atoms with E-state index in [4.69, 9.17) is 15.0 Å². The number of fused-ring (bicyclic) bond motifs is 6. The van der Waals surface area contributed by atoms with E-state index in [0.717, 1.165) is 67.0 Å². The molecular weight excluding hydrogens is 683 g/mol. The van der Waals surface area contributed by atoms with Crippen molar-refractivity contribution in [1.82, 2.24) is 24.1 Å². The largest absolute Gasteiger partial charge is 0.309 e. The minimum atomic E-state index is 0.668. The van der Waals surface area contributed by atoms with Gasteiger partial charge in [0.25, 0.3) is 0 Å². The van der Waals surface area contributed by atoms with E-state index < -0.39 is 0 Å². The van der Waals surface area contributed by atoms with Crippen molar-refractivity contribution in [3.8, 4) is 56.4 Å². The molecule has 4 aromatic heterocycles. The number of nitrogens with zero attached hydrogens (tertiary/aromatic N) is 5. The number of para-hydroxylation sites is 3. The minimum absolute atomic E-state index is 0.668. The molecule has 4 heterocycles. The average Bonchev–Trinajstić information content (AvgIpc) is 3.80. The van der Waals surface area contributed by atoms with Crippen LogP contribution in [0.1, 0.15) is 0 Å². The maximum absolute atomic E-state index is 5.14. The lowest BCUT2D eigenvalue weighted by molar-refractivity contribution is 1.13. The van der Waals surface area contributed by atoms with Gasteiger partial charge >= 0.3 is 0 Å². The number of pyridine rings is 1. The zero-order valence-corrected chi connectivity index (χ0v) is 30.3. The van der Waals surface area contributed by atoms with Gasteiger partial charge in [-0.2, -0.15) is 0 Å². The van der Waals surface area contributed by atoms with Crippen molar-refractivity contribution in [2.75, 3.05) is 0 Å². The number of hydrogen-bond acceptors (Lipinski definition) is 3. The Morgan fingerprint density at radius 3 is 1.73 bits per heavy atom. The maximum atomic E-state index is 5.14. The predicted octanol–water partition coefficient (Wildman–Crippen LogP) is 12.7. The summed E-state index contributed by atoms with van der Waals surface area (Å²) in [6.45, 7) is 0. The summed E-state index contributed by atoms with van der Waals surface area (Å²) in [6, 6.07) is 68.3. The molecule has 11 aromatic rings. The summed E-state index contributed by atoms with van der Waals surface area (Å²) in [5.41, 5.74) is 13.6. The molecule has 262 valence electrons. The Labute approximate surface area is 323 Å². The molecule has 0 radical (unpaired) electrons. The minimum Gasteiger partial charge on any atom is -0.309 e. The number of aromatic nitrogens is 5. The van der Waals surface area contributed by atoms with Crippen LogP contribution in [0.15, 0.2) is 200 Å². The van der Waals surface area contributed by atoms with Crippen LogP contribution in [0.25, 0.3) is 100 Å². The number of hydrogen-bond donors (Lipinski definition) is 0. The van der Waals surface area contributed by atoms with Gasteiger partial charge in [0, 0.05) is 61.4 Å². The molecule has 0 fully saturated rings. The van der Waals surface area contributed by atoms with Gasteiger partial charge in [-0.3, -0.25) is 4.57 Å². The van der Waals surface area contributed by atoms with E-state index in [9.17, 15) is 0 Å². The monoisotopic (exact) mass is 715 g/mol. The molecule has 0 aliphatic heterocycles. The Morgan fingerprint density at radius 2 is 0.964 bits per heavy atom. The standard InChI is InChI=1S/C51H33N5/c1-4-15-34(16-5-1)45-33-46(35-17-6-2-7-18-35)54-50(53-45)37-19-12-22-39(31-37)56-48-32-36(28-29-42(48)44-26-14-30-52-51(44)56)40-24-13-25-43-41-23-10-11-27-47(41)55(49(40)43)38-20-8-3-9-21-38/h1-33H. The summed E-state index contributed by atoms with van der Waals surface area (Å²) in [5, 5.41) is 4.71. The molecule has 0 saturated carbocycles. The first-order valence-corrected chi connectivity index (χ1v) is 18.9. The third kappa shape index (κ3) is 5.21. The Morgan fingerprint density at radius 1 is 0.357 bits per heavy atom. The molecule has 56 heavy (non-hydrogen) atoms. The lowest BCUT2D eigenvalue weighted by Gasteiger charge is -2.13. The first-order valence-electron chi connectivity index (χ1n) is 18.9. The molecule has 5 nitrogen and oxygen atoms in total. The summed E-state index contributed by atoms with van der Waals surface area (Å²) in [6.07, 6.45) is 1.88. The normalized spacial score (nSPS) is 11.6. The highest BCUT2D eigenvalue weighted by Gasteiger charge is 2.20. The Bertz CT molecular complexity index is 3180. The zero-order valence-electron chi connectivity index (χ0n) is 30.3. The molecular formula is C51H33N5. The van der Waals surface area contributed by atoms with Crippen molar-refractivity contribution >= 4 is 43.7 Å². The fraction of sp³-hybridized carbons (Fsp3) is 0. The van der Waals surface area contributed by atoms with Crippen LogP contribution >= 0.6 is 0 Å². The van der Waals surface area contributed by atoms with Gasteiger partial charge in [0.05, 0.1) is 27.9 Å². The summed E-state index contributed by atoms with van der Waals surface area (Å²) in [4.78, 5) is 15.3. The van der Waals surface area contributed by atoms with E-state index in [1.165, 1.54) is 27.4 Å². The molecule has 0 N–H and O–H groups in total. The van der Waals surface area contributed by atoms with Crippen LogP contribution in [0.2, 0.25) is 0 Å². The van der Waals surface area contributed by atoms with E-state index >= 15 is 0 Å². The second kappa shape index (κ2) is 13.0. The Kier molecular flexibility index (Phi) is 7.42. The molecule has 0 unspecified atom stereocenters. The van der Waals surface area contributed by atoms with E-state index in [1.807, 2.05) is 48.7 Å². The molecule has 0 aliphatic carbocycles. The molecule has 0 spiro atoms. The molecule has 0 saturated heterocycles. The van der Waals surface area contributed by atoms with Crippen molar-refractivity contribution in [1.29, 1.82) is 0 Å². The molecule has 11 rings (SSSR count). The van der Waals surface area contributed by atoms with Crippen molar-refractivity contribution in [2.24, 2.45) is 0 Å². The summed E-state index contributed by atoms with van der Waals surface area (Å²) in [5.74, 6) is 0.668. The van der Waals surface area contributed by atoms with Crippen LogP contribution in [0.5, 0.6) is 0 Å². The fourth-order valence-corrected chi connectivity index (χ4v) is 8.24. The van der Waals surface area contributed by atoms with Crippen molar-refractivity contribution < 1.29 is 0 Å². The number of benzene rings is 7. The van der Waals surface area contributed by atoms with E-state index in [-0.39, 0.29) is 0 Å². The van der Waals surface area contributed by atoms with Gasteiger partial charge < -0.3 is 4.57 Å². The van der Waals surface area contributed by atoms with Crippen molar-refractivity contribution in [3.63, 3.8) is 0 Å². The van der Waals surface area contributed by atoms with Crippen LogP contribution in [0.4, 0.5) is 0 Å². The molecule has 7 aromatic carbocycles. The SMILES string of the molecule is c1ccc(-c2cc(-c3ccccc3)nc(-c3cccc(-n4c5cc(-c6cccc7c8ccccc8n(-c8ccccc8)c67)ccc5c5cccnc54)c3)n2)cc1. The van der Waals surface area contributed by atoms with E-state index in [1.54, 1.807) is 0 Å². The third-order valence-corrected chi connectivity index (χ3v) is 10.8. The van der Waals surface area contributed by atoms with Gasteiger partial charge in [0.1, 0.15) is 5.65 Å². The highest BCUT2D eigenvalue weighted by atomic mass is 15.0. The van der Waals surface area contributed by atoms with Crippen LogP contribution < -0.4 is 0 Å². The van der Waals surface area contributed by atoms with Crippen molar-refractivity contribution in [3.05, 3.63) is 200 Å². The van der Waals surface area contributed by atoms with E-state index in [0.29, 0.717) is 5.82 Å². The van der Waals surface area contributed by atoms with E-state index in [2.05, 4.69) is 161 Å². The molecule has 5 heteroatoms. The second-order valence-corrected chi connectivity index (χ2v) is 14.1. The highest BCUT2D eigenvalue weighted by molar-refractivity contribution is 6.15. The summed E-state index contributed by atoms with van der Waals surface area (Å²) in [7, 11) is 0. The van der Waals surface area contributed by atoms with Crippen LogP contribution in [-0.2, 0) is 0 Å². The highest BCUT2D eigenvalue weighted by Crippen LogP contribution is 2.40. The summed E-state index contributed by atoms with van der Waals surface area (Å²) < 4.78 is 4.68. The van der Waals surface area contributed by atoms with Crippen LogP contribution in [-0.4, -0.2) is 24.1 Å². The van der Waals surface area contributed by atoms with Crippen molar-refractivity contribution in [2.45, 2.75) is 0 Å². The van der Waals surface area contributed by atoms with Gasteiger partial charge in [-0.05, 0) is 60.2 Å². The smallest absolute Gasteiger partial charge is 0.160 e. The molecule has 0 bridgehead atoms. The van der Waals surface area contributed by atoms with Gasteiger partial charge in [0.2, 0.25) is 0 Å². The quantitative estimate of drug-likeness (QED) is 0.172. The summed E-state index contributed by atoms with van der Waals surface area (Å²) >= 11 is 0. The van der Waals surface area contributed by atoms with Gasteiger partial charge in [-0.1, -0.05) is 140 Å². The third-order valence-electron chi connectivity index (χ3n) is 10.8. The van der Waals surface area contributed by atoms with Gasteiger partial charge in [-0.25, -0.2) is 15.0 Å². The fourth-order valence-electron chi connectivity index (χ4n) is 8.24. The average molecular weight is 716 g/mol. The van der Waals surface area contributed by atoms with Gasteiger partial charge in [0.15, 0.2) is 5.82 Å². The Hall–Kier alpha value is -7.63. The lowest BCUT2D eigenvalue weighted by Crippen LogP contribution is -1.99. The maximum Gasteiger partial charge on any atom is 0.160 e. The van der Waals surface area contributed by atoms with Crippen LogP contribution in [0, 0.1) is 0 Å². The topological polar surface area (TPSA) is 48.5 Å². The molecule has 0 atom stereocenters.